The maximum atomic E-state index is 10.7. The third-order valence-electron chi connectivity index (χ3n) is 1.15. The minimum atomic E-state index is -4.00. The number of hydrogen-bond donors (Lipinski definition) is 0. The number of nitro groups is 1. The van der Waals surface area contributed by atoms with Crippen LogP contribution in [0, 0.1) is 10.1 Å². The van der Waals surface area contributed by atoms with Gasteiger partial charge in [-0.05, 0) is 16.0 Å². The third-order valence-corrected chi connectivity index (χ3v) is 2.35. The van der Waals surface area contributed by atoms with Gasteiger partial charge < -0.3 is 10.1 Å². The second-order valence-electron chi connectivity index (χ2n) is 2.03. The molecule has 1 aromatic rings. The summed E-state index contributed by atoms with van der Waals surface area (Å²) in [7, 11) is 0.920. The van der Waals surface area contributed by atoms with E-state index in [1.54, 1.807) is 0 Å². The predicted molar refractivity (Wildman–Crippen MR) is 43.9 cm³/mol. The molecule has 1 rings (SSSR count). The van der Waals surface area contributed by atoms with E-state index in [9.17, 15) is 18.5 Å². The third kappa shape index (κ3) is 2.36. The van der Waals surface area contributed by atoms with Crippen molar-refractivity contribution in [1.82, 2.24) is 4.98 Å². The highest BCUT2D eigenvalue weighted by atomic mass is 35.7. The van der Waals surface area contributed by atoms with Crippen molar-refractivity contribution in [3.8, 4) is 0 Å². The zero-order chi connectivity index (χ0) is 10.1. The van der Waals surface area contributed by atoms with E-state index < -0.39 is 24.8 Å². The quantitative estimate of drug-likeness (QED) is 0.422. The Hall–Kier alpha value is -1.21. The van der Waals surface area contributed by atoms with E-state index in [-0.39, 0.29) is 0 Å². The van der Waals surface area contributed by atoms with Gasteiger partial charge in [0.1, 0.15) is 0 Å². The smallest absolute Gasteiger partial charge is 0.358 e. The van der Waals surface area contributed by atoms with Crippen molar-refractivity contribution in [2.45, 2.75) is 5.03 Å². The minimum Gasteiger partial charge on any atom is -0.358 e. The summed E-state index contributed by atoms with van der Waals surface area (Å²) in [5, 5.41) is 9.66. The molecule has 0 bridgehead atoms. The Bertz CT molecular complexity index is 444. The number of aromatic nitrogens is 1. The largest absolute Gasteiger partial charge is 0.364 e. The van der Waals surface area contributed by atoms with Crippen LogP contribution in [0.3, 0.4) is 0 Å². The van der Waals surface area contributed by atoms with E-state index in [1.807, 2.05) is 0 Å². The second-order valence-corrected chi connectivity index (χ2v) is 4.54. The van der Waals surface area contributed by atoms with Crippen molar-refractivity contribution >= 4 is 25.6 Å². The lowest BCUT2D eigenvalue weighted by atomic mass is 10.5. The van der Waals surface area contributed by atoms with E-state index in [0.29, 0.717) is 0 Å². The Morgan fingerprint density at radius 3 is 2.54 bits per heavy atom. The van der Waals surface area contributed by atoms with E-state index >= 15 is 0 Å². The molecular weight excluding hydrogens is 220 g/mol. The van der Waals surface area contributed by atoms with Gasteiger partial charge in [0.05, 0.1) is 0 Å². The molecule has 0 saturated heterocycles. The molecule has 0 atom stereocenters. The molecule has 6 nitrogen and oxygen atoms in total. The van der Waals surface area contributed by atoms with Crippen LogP contribution in [0.25, 0.3) is 0 Å². The Morgan fingerprint density at radius 1 is 1.46 bits per heavy atom. The number of halogens is 1. The Kier molecular flexibility index (Phi) is 2.48. The Balaban J connectivity index is 3.29. The van der Waals surface area contributed by atoms with Gasteiger partial charge in [-0.3, -0.25) is 0 Å². The number of pyridine rings is 1. The summed E-state index contributed by atoms with van der Waals surface area (Å²) in [6.07, 6.45) is 0. The van der Waals surface area contributed by atoms with Crippen LogP contribution in [-0.2, 0) is 9.05 Å². The molecule has 1 heterocycles. The summed E-state index contributed by atoms with van der Waals surface area (Å²) in [6.45, 7) is 0. The highest BCUT2D eigenvalue weighted by molar-refractivity contribution is 8.13. The second kappa shape index (κ2) is 3.27. The van der Waals surface area contributed by atoms with Crippen molar-refractivity contribution in [3.63, 3.8) is 0 Å². The molecule has 0 aliphatic rings. The van der Waals surface area contributed by atoms with E-state index in [1.165, 1.54) is 6.07 Å². The first-order chi connectivity index (χ1) is 5.91. The molecule has 8 heteroatoms. The van der Waals surface area contributed by atoms with E-state index in [4.69, 9.17) is 10.7 Å². The first kappa shape index (κ1) is 9.87. The molecule has 0 radical (unpaired) electrons. The predicted octanol–water partition coefficient (Wildman–Crippen LogP) is 0.917. The highest BCUT2D eigenvalue weighted by Crippen LogP contribution is 2.15. The van der Waals surface area contributed by atoms with Gasteiger partial charge in [0.2, 0.25) is 0 Å². The van der Waals surface area contributed by atoms with Crippen molar-refractivity contribution in [2.24, 2.45) is 0 Å². The monoisotopic (exact) mass is 222 g/mol. The van der Waals surface area contributed by atoms with Gasteiger partial charge in [-0.1, -0.05) is 0 Å². The van der Waals surface area contributed by atoms with Crippen LogP contribution in [-0.4, -0.2) is 18.3 Å². The molecule has 0 aliphatic carbocycles. The summed E-state index contributed by atoms with van der Waals surface area (Å²) < 4.78 is 21.4. The average molecular weight is 223 g/mol. The zero-order valence-corrected chi connectivity index (χ0v) is 7.62. The van der Waals surface area contributed by atoms with Gasteiger partial charge in [-0.15, -0.1) is 0 Å². The lowest BCUT2D eigenvalue weighted by molar-refractivity contribution is -0.390. The fourth-order valence-corrected chi connectivity index (χ4v) is 1.34. The average Bonchev–Trinajstić information content (AvgIpc) is 2.03. The molecule has 0 unspecified atom stereocenters. The number of hydrogen-bond acceptors (Lipinski definition) is 5. The molecule has 0 aliphatic heterocycles. The van der Waals surface area contributed by atoms with Crippen molar-refractivity contribution in [3.05, 3.63) is 28.3 Å². The topological polar surface area (TPSA) is 90.2 Å². The Labute approximate surface area is 77.7 Å². The molecule has 0 amide bonds. The van der Waals surface area contributed by atoms with Crippen LogP contribution in [0.15, 0.2) is 23.2 Å². The molecule has 1 aromatic heterocycles. The SMILES string of the molecule is O=[N+]([O-])c1cccc(S(=O)(=O)Cl)n1. The van der Waals surface area contributed by atoms with Gasteiger partial charge in [-0.2, -0.15) is 0 Å². The molecule has 13 heavy (non-hydrogen) atoms. The summed E-state index contributed by atoms with van der Waals surface area (Å²) in [6, 6.07) is 3.35. The van der Waals surface area contributed by atoms with Gasteiger partial charge in [0, 0.05) is 22.8 Å². The van der Waals surface area contributed by atoms with Gasteiger partial charge >= 0.3 is 14.9 Å². The van der Waals surface area contributed by atoms with Crippen LogP contribution in [0.4, 0.5) is 5.82 Å². The summed E-state index contributed by atoms with van der Waals surface area (Å²) in [4.78, 5) is 12.6. The van der Waals surface area contributed by atoms with Crippen LogP contribution in [0.2, 0.25) is 0 Å². The van der Waals surface area contributed by atoms with Gasteiger partial charge in [-0.25, -0.2) is 8.42 Å². The standard InChI is InChI=1S/C5H3ClN2O4S/c6-13(11,12)5-3-1-2-4(7-5)8(9)10/h1-3H. The lowest BCUT2D eigenvalue weighted by Crippen LogP contribution is -1.98. The Morgan fingerprint density at radius 2 is 2.08 bits per heavy atom. The first-order valence-corrected chi connectivity index (χ1v) is 5.28. The molecule has 70 valence electrons. The van der Waals surface area contributed by atoms with Crippen molar-refractivity contribution < 1.29 is 13.3 Å². The minimum absolute atomic E-state index is 0.525. The van der Waals surface area contributed by atoms with Crippen LogP contribution < -0.4 is 0 Å². The molecule has 0 spiro atoms. The fourth-order valence-electron chi connectivity index (χ4n) is 0.641. The fraction of sp³-hybridized carbons (Fsp3) is 0. The zero-order valence-electron chi connectivity index (χ0n) is 6.05. The maximum Gasteiger partial charge on any atom is 0.364 e. The van der Waals surface area contributed by atoms with E-state index in [2.05, 4.69) is 4.98 Å². The highest BCUT2D eigenvalue weighted by Gasteiger charge is 2.19. The molecule has 0 N–H and O–H groups in total. The van der Waals surface area contributed by atoms with Crippen LogP contribution in [0.1, 0.15) is 0 Å². The van der Waals surface area contributed by atoms with Gasteiger partial charge in [0.25, 0.3) is 5.03 Å². The summed E-state index contributed by atoms with van der Waals surface area (Å²) in [5.74, 6) is -0.554. The van der Waals surface area contributed by atoms with Crippen LogP contribution in [0.5, 0.6) is 0 Å². The molecular formula is C5H3ClN2O4S. The first-order valence-electron chi connectivity index (χ1n) is 2.97. The van der Waals surface area contributed by atoms with Crippen LogP contribution >= 0.6 is 10.7 Å². The maximum absolute atomic E-state index is 10.7. The molecule has 0 saturated carbocycles. The van der Waals surface area contributed by atoms with Gasteiger partial charge in [0.15, 0.2) is 0 Å². The van der Waals surface area contributed by atoms with Crippen molar-refractivity contribution in [2.75, 3.05) is 0 Å². The molecule has 0 aromatic carbocycles. The summed E-state index contributed by atoms with van der Waals surface area (Å²) >= 11 is 0. The summed E-state index contributed by atoms with van der Waals surface area (Å²) in [5.41, 5.74) is 0. The molecule has 0 fully saturated rings. The number of rotatable bonds is 2. The van der Waals surface area contributed by atoms with E-state index in [0.717, 1.165) is 12.1 Å². The van der Waals surface area contributed by atoms with Crippen molar-refractivity contribution in [1.29, 1.82) is 0 Å². The normalized spacial score (nSPS) is 11.2. The number of nitrogens with zero attached hydrogens (tertiary/aromatic N) is 2. The lowest BCUT2D eigenvalue weighted by Gasteiger charge is -1.91.